The summed E-state index contributed by atoms with van der Waals surface area (Å²) in [6, 6.07) is 9.99. The molecule has 0 N–H and O–H groups in total. The number of pyridine rings is 1. The molecule has 2 aromatic heterocycles. The van der Waals surface area contributed by atoms with Gasteiger partial charge in [-0.15, -0.1) is 0 Å². The summed E-state index contributed by atoms with van der Waals surface area (Å²) < 4.78 is 36.2. The number of likely N-dealkylation sites (N-methyl/N-ethyl adjacent to an activating group) is 1. The molecule has 7 rings (SSSR count). The molecule has 3 aliphatic heterocycles. The summed E-state index contributed by atoms with van der Waals surface area (Å²) in [5, 5.41) is 1.97. The number of hydrogen-bond acceptors (Lipinski definition) is 7. The average molecular weight is 619 g/mol. The van der Waals surface area contributed by atoms with Gasteiger partial charge in [-0.3, -0.25) is 14.7 Å². The molecule has 0 spiro atoms. The van der Waals surface area contributed by atoms with Gasteiger partial charge in [0.2, 0.25) is 5.91 Å². The molecule has 2 atom stereocenters. The predicted octanol–water partition coefficient (Wildman–Crippen LogP) is 5.82. The second-order valence-corrected chi connectivity index (χ2v) is 12.4. The molecular weight excluding hydrogens is 586 g/mol. The maximum absolute atomic E-state index is 15.4. The van der Waals surface area contributed by atoms with Gasteiger partial charge in [-0.1, -0.05) is 42.4 Å². The summed E-state index contributed by atoms with van der Waals surface area (Å²) in [6.07, 6.45) is 5.97. The van der Waals surface area contributed by atoms with Crippen LogP contribution < -0.4 is 9.64 Å². The third-order valence-corrected chi connectivity index (χ3v) is 9.94. The van der Waals surface area contributed by atoms with E-state index in [1.807, 2.05) is 24.3 Å². The van der Waals surface area contributed by atoms with Crippen molar-refractivity contribution in [3.05, 3.63) is 66.1 Å². The number of fused-ring (bicyclic) bond motifs is 3. The van der Waals surface area contributed by atoms with Crippen molar-refractivity contribution in [2.45, 2.75) is 43.4 Å². The molecule has 3 saturated heterocycles. The molecular formula is C33H33ClF2N6O2. The van der Waals surface area contributed by atoms with E-state index in [0.717, 1.165) is 44.2 Å². The van der Waals surface area contributed by atoms with Crippen molar-refractivity contribution < 1.29 is 18.3 Å². The molecule has 3 aliphatic rings. The van der Waals surface area contributed by atoms with Gasteiger partial charge < -0.3 is 14.5 Å². The van der Waals surface area contributed by atoms with Gasteiger partial charge in [0, 0.05) is 30.7 Å². The minimum atomic E-state index is -1.29. The minimum absolute atomic E-state index is 0.0153. The van der Waals surface area contributed by atoms with E-state index in [9.17, 15) is 9.18 Å². The first kappa shape index (κ1) is 28.9. The van der Waals surface area contributed by atoms with Gasteiger partial charge >= 0.3 is 6.01 Å². The number of amides is 1. The van der Waals surface area contributed by atoms with E-state index in [1.54, 1.807) is 24.2 Å². The number of benzene rings is 2. The van der Waals surface area contributed by atoms with Crippen LogP contribution in [0.25, 0.3) is 32.9 Å². The SMILES string of the molecule is C=CC(=O)N1C[C@@H](F)[C@H](N(C)c2nc(OCC34CCCN3CCC4)nc3cc(-c4cccc5ccc(F)c(Cl)c45)ncc23)C1. The van der Waals surface area contributed by atoms with Gasteiger partial charge in [0.1, 0.15) is 24.4 Å². The van der Waals surface area contributed by atoms with Gasteiger partial charge in [0.05, 0.1) is 39.7 Å². The Labute approximate surface area is 259 Å². The lowest BCUT2D eigenvalue weighted by atomic mass is 9.95. The molecule has 2 aromatic carbocycles. The van der Waals surface area contributed by atoms with Crippen LogP contribution in [-0.4, -0.2) is 88.2 Å². The maximum Gasteiger partial charge on any atom is 0.319 e. The molecule has 0 saturated carbocycles. The van der Waals surface area contributed by atoms with E-state index in [4.69, 9.17) is 31.3 Å². The fourth-order valence-corrected chi connectivity index (χ4v) is 7.50. The fraction of sp³-hybridized carbons (Fsp3) is 0.394. The quantitative estimate of drug-likeness (QED) is 0.242. The fourth-order valence-electron chi connectivity index (χ4n) is 7.23. The minimum Gasteiger partial charge on any atom is -0.461 e. The second kappa shape index (κ2) is 11.2. The standard InChI is InChI=1S/C33H33ClF2N6O2/c1-3-28(43)41-17-24(36)27(18-41)40(2)31-22-16-37-25(21-8-4-7-20-9-10-23(35)30(34)29(20)21)15-26(22)38-32(39-31)44-19-33-11-5-13-42(33)14-6-12-33/h3-4,7-10,15-16,24,27H,1,5-6,11-14,17-19H2,2H3/t24-,27-/m1/s1. The third kappa shape index (κ3) is 4.84. The molecule has 4 aromatic rings. The molecule has 3 fully saturated rings. The Balaban J connectivity index is 1.31. The van der Waals surface area contributed by atoms with Gasteiger partial charge in [0.25, 0.3) is 0 Å². The van der Waals surface area contributed by atoms with E-state index in [1.165, 1.54) is 17.0 Å². The Hall–Kier alpha value is -3.89. The summed E-state index contributed by atoms with van der Waals surface area (Å²) in [7, 11) is 1.76. The van der Waals surface area contributed by atoms with Crippen molar-refractivity contribution in [3.63, 3.8) is 0 Å². The number of ether oxygens (including phenoxy) is 1. The summed E-state index contributed by atoms with van der Waals surface area (Å²) >= 11 is 6.44. The Morgan fingerprint density at radius 3 is 2.77 bits per heavy atom. The topological polar surface area (TPSA) is 74.7 Å². The van der Waals surface area contributed by atoms with Crippen LogP contribution in [0.15, 0.2) is 55.3 Å². The highest BCUT2D eigenvalue weighted by Crippen LogP contribution is 2.40. The van der Waals surface area contributed by atoms with E-state index in [2.05, 4.69) is 11.5 Å². The number of alkyl halides is 1. The molecule has 11 heteroatoms. The molecule has 8 nitrogen and oxygen atoms in total. The normalized spacial score (nSPS) is 21.2. The van der Waals surface area contributed by atoms with Crippen LogP contribution in [0.4, 0.5) is 14.6 Å². The first-order valence-corrected chi connectivity index (χ1v) is 15.4. The van der Waals surface area contributed by atoms with Crippen molar-refractivity contribution in [2.24, 2.45) is 0 Å². The largest absolute Gasteiger partial charge is 0.461 e. The van der Waals surface area contributed by atoms with Crippen molar-refractivity contribution in [2.75, 3.05) is 44.7 Å². The smallest absolute Gasteiger partial charge is 0.319 e. The van der Waals surface area contributed by atoms with Crippen LogP contribution in [0.3, 0.4) is 0 Å². The lowest BCUT2D eigenvalue weighted by Gasteiger charge is -2.31. The van der Waals surface area contributed by atoms with E-state index in [-0.39, 0.29) is 35.6 Å². The number of rotatable bonds is 7. The number of carbonyl (C=O) groups is 1. The number of halogens is 3. The lowest BCUT2D eigenvalue weighted by Crippen LogP contribution is -2.43. The van der Waals surface area contributed by atoms with Crippen molar-refractivity contribution >= 4 is 45.0 Å². The molecule has 0 aliphatic carbocycles. The van der Waals surface area contributed by atoms with E-state index >= 15 is 4.39 Å². The van der Waals surface area contributed by atoms with Crippen molar-refractivity contribution in [1.82, 2.24) is 24.8 Å². The number of hydrogen-bond donors (Lipinski definition) is 0. The van der Waals surface area contributed by atoms with Gasteiger partial charge in [0.15, 0.2) is 0 Å². The lowest BCUT2D eigenvalue weighted by molar-refractivity contribution is -0.125. The first-order valence-electron chi connectivity index (χ1n) is 15.0. The number of anilines is 1. The van der Waals surface area contributed by atoms with Crippen LogP contribution in [0.1, 0.15) is 25.7 Å². The van der Waals surface area contributed by atoms with Gasteiger partial charge in [-0.25, -0.2) is 8.78 Å². The molecule has 0 radical (unpaired) electrons. The van der Waals surface area contributed by atoms with Crippen LogP contribution in [-0.2, 0) is 4.79 Å². The van der Waals surface area contributed by atoms with E-state index in [0.29, 0.717) is 40.0 Å². The highest BCUT2D eigenvalue weighted by atomic mass is 35.5. The summed E-state index contributed by atoms with van der Waals surface area (Å²) in [5.41, 5.74) is 1.75. The van der Waals surface area contributed by atoms with Gasteiger partial charge in [-0.2, -0.15) is 9.97 Å². The monoisotopic (exact) mass is 618 g/mol. The van der Waals surface area contributed by atoms with Gasteiger partial charge in [-0.05, 0) is 62.4 Å². The highest BCUT2D eigenvalue weighted by Gasteiger charge is 2.45. The number of nitrogens with zero attached hydrogens (tertiary/aromatic N) is 6. The van der Waals surface area contributed by atoms with Crippen LogP contribution in [0, 0.1) is 5.82 Å². The Bertz CT molecular complexity index is 1780. The van der Waals surface area contributed by atoms with E-state index < -0.39 is 18.0 Å². The predicted molar refractivity (Wildman–Crippen MR) is 167 cm³/mol. The van der Waals surface area contributed by atoms with Crippen LogP contribution >= 0.6 is 11.6 Å². The molecule has 228 valence electrons. The van der Waals surface area contributed by atoms with Crippen molar-refractivity contribution in [3.8, 4) is 17.3 Å². The zero-order valence-electron chi connectivity index (χ0n) is 24.5. The third-order valence-electron chi connectivity index (χ3n) is 9.57. The Morgan fingerprint density at radius 2 is 2.00 bits per heavy atom. The molecule has 44 heavy (non-hydrogen) atoms. The summed E-state index contributed by atoms with van der Waals surface area (Å²) in [6.45, 7) is 6.31. The zero-order chi connectivity index (χ0) is 30.6. The number of aromatic nitrogens is 3. The molecule has 0 bridgehead atoms. The summed E-state index contributed by atoms with van der Waals surface area (Å²) in [4.78, 5) is 32.3. The average Bonchev–Trinajstić information content (AvgIpc) is 3.74. The molecule has 0 unspecified atom stereocenters. The van der Waals surface area contributed by atoms with Crippen LogP contribution in [0.2, 0.25) is 5.02 Å². The zero-order valence-corrected chi connectivity index (χ0v) is 25.2. The number of likely N-dealkylation sites (tertiary alicyclic amines) is 1. The highest BCUT2D eigenvalue weighted by molar-refractivity contribution is 6.36. The van der Waals surface area contributed by atoms with Crippen molar-refractivity contribution in [1.29, 1.82) is 0 Å². The summed E-state index contributed by atoms with van der Waals surface area (Å²) in [5.74, 6) is -0.366. The first-order chi connectivity index (χ1) is 21.3. The van der Waals surface area contributed by atoms with Crippen LogP contribution in [0.5, 0.6) is 6.01 Å². The Morgan fingerprint density at radius 1 is 1.20 bits per heavy atom. The molecule has 5 heterocycles. The second-order valence-electron chi connectivity index (χ2n) is 12.0. The number of carbonyl (C=O) groups excluding carboxylic acids is 1. The maximum atomic E-state index is 15.4. The molecule has 1 amide bonds. The Kier molecular flexibility index (Phi) is 7.37.